The second kappa shape index (κ2) is 9.27. The summed E-state index contributed by atoms with van der Waals surface area (Å²) in [6.07, 6.45) is 5.24. The van der Waals surface area contributed by atoms with Crippen molar-refractivity contribution in [2.24, 2.45) is 0 Å². The van der Waals surface area contributed by atoms with Crippen molar-refractivity contribution < 1.29 is 14.0 Å². The van der Waals surface area contributed by atoms with Crippen LogP contribution in [0.25, 0.3) is 0 Å². The Bertz CT molecular complexity index is 507. The van der Waals surface area contributed by atoms with Gasteiger partial charge in [0.25, 0.3) is 0 Å². The van der Waals surface area contributed by atoms with E-state index in [1.807, 2.05) is 35.1 Å². The number of nitrogens with zero attached hydrogens (tertiary/aromatic N) is 1. The monoisotopic (exact) mass is 356 g/mol. The van der Waals surface area contributed by atoms with Crippen molar-refractivity contribution in [3.05, 3.63) is 24.2 Å². The third kappa shape index (κ3) is 5.49. The molecule has 2 rings (SSSR count). The summed E-state index contributed by atoms with van der Waals surface area (Å²) >= 11 is 3.51. The fraction of sp³-hybridized carbons (Fsp3) is 0.625. The Morgan fingerprint density at radius 3 is 3.00 bits per heavy atom. The lowest BCUT2D eigenvalue weighted by molar-refractivity contribution is -0.135. The Morgan fingerprint density at radius 2 is 2.35 bits per heavy atom. The molecule has 1 aliphatic heterocycles. The number of furan rings is 1. The molecule has 0 bridgehead atoms. The molecule has 0 radical (unpaired) electrons. The molecule has 2 amide bonds. The average molecular weight is 357 g/mol. The number of hydrogen-bond donors (Lipinski definition) is 1. The van der Waals surface area contributed by atoms with Crippen LogP contribution in [0.1, 0.15) is 30.8 Å². The summed E-state index contributed by atoms with van der Waals surface area (Å²) < 4.78 is 5.49. The lowest BCUT2D eigenvalue weighted by atomic mass is 10.1. The van der Waals surface area contributed by atoms with Crippen LogP contribution >= 0.6 is 23.5 Å². The van der Waals surface area contributed by atoms with Crippen LogP contribution in [0.3, 0.4) is 0 Å². The van der Waals surface area contributed by atoms with Crippen LogP contribution < -0.4 is 5.32 Å². The predicted octanol–water partition coefficient (Wildman–Crippen LogP) is 2.54. The summed E-state index contributed by atoms with van der Waals surface area (Å²) in [5.74, 6) is 2.60. The Hall–Kier alpha value is -1.08. The van der Waals surface area contributed by atoms with Crippen LogP contribution in [-0.2, 0) is 9.59 Å². The lowest BCUT2D eigenvalue weighted by Gasteiger charge is -2.26. The number of nitrogens with one attached hydrogen (secondary N) is 1. The third-order valence-corrected chi connectivity index (χ3v) is 5.73. The first kappa shape index (κ1) is 18.3. The molecule has 0 saturated carbocycles. The second-order valence-corrected chi connectivity index (χ2v) is 7.82. The molecule has 1 aliphatic rings. The predicted molar refractivity (Wildman–Crippen MR) is 95.7 cm³/mol. The Kier molecular flexibility index (Phi) is 7.36. The summed E-state index contributed by atoms with van der Waals surface area (Å²) in [6.45, 7) is 2.88. The molecule has 0 spiro atoms. The topological polar surface area (TPSA) is 62.6 Å². The van der Waals surface area contributed by atoms with Gasteiger partial charge in [0.05, 0.1) is 11.5 Å². The number of amides is 2. The van der Waals surface area contributed by atoms with Gasteiger partial charge in [-0.2, -0.15) is 11.8 Å². The van der Waals surface area contributed by atoms with Crippen molar-refractivity contribution in [1.29, 1.82) is 0 Å². The fourth-order valence-corrected chi connectivity index (χ4v) is 4.30. The quantitative estimate of drug-likeness (QED) is 0.849. The van der Waals surface area contributed by atoms with E-state index in [1.54, 1.807) is 18.0 Å². The number of hydrogen-bond acceptors (Lipinski definition) is 5. The highest BCUT2D eigenvalue weighted by molar-refractivity contribution is 7.99. The molecule has 1 aromatic heterocycles. The molecule has 0 aliphatic carbocycles. The minimum Gasteiger partial charge on any atom is -0.468 e. The van der Waals surface area contributed by atoms with Gasteiger partial charge >= 0.3 is 0 Å². The van der Waals surface area contributed by atoms with Gasteiger partial charge in [0.2, 0.25) is 11.8 Å². The smallest absolute Gasteiger partial charge is 0.245 e. The second-order valence-electron chi connectivity index (χ2n) is 5.52. The maximum atomic E-state index is 12.8. The summed E-state index contributed by atoms with van der Waals surface area (Å²) in [5.41, 5.74) is 0. The molecule has 2 unspecified atom stereocenters. The van der Waals surface area contributed by atoms with Gasteiger partial charge < -0.3 is 14.6 Å². The van der Waals surface area contributed by atoms with E-state index in [0.29, 0.717) is 18.2 Å². The van der Waals surface area contributed by atoms with E-state index < -0.39 is 6.04 Å². The van der Waals surface area contributed by atoms with Crippen LogP contribution in [-0.4, -0.2) is 53.6 Å². The van der Waals surface area contributed by atoms with Gasteiger partial charge in [-0.15, -0.1) is 11.8 Å². The maximum absolute atomic E-state index is 12.8. The number of carbonyl (C=O) groups excluding carboxylic acids is 2. The molecule has 128 valence electrons. The molecule has 1 fully saturated rings. The fourth-order valence-electron chi connectivity index (χ4n) is 2.65. The molecule has 5 nitrogen and oxygen atoms in total. The van der Waals surface area contributed by atoms with Crippen LogP contribution in [0, 0.1) is 0 Å². The van der Waals surface area contributed by atoms with Gasteiger partial charge in [-0.25, -0.2) is 0 Å². The standard InChI is InChI=1S/C16H24N2O3S2/c1-12(19)17-13(6-10-22-2)16(20)18-7-5-15(23-11-8-18)14-4-3-9-21-14/h3-4,9,13,15H,5-8,10-11H2,1-2H3,(H,17,19). The molecular formula is C16H24N2O3S2. The highest BCUT2D eigenvalue weighted by Crippen LogP contribution is 2.34. The van der Waals surface area contributed by atoms with Gasteiger partial charge in [-0.3, -0.25) is 9.59 Å². The molecule has 1 aromatic rings. The van der Waals surface area contributed by atoms with Crippen LogP contribution in [0.5, 0.6) is 0 Å². The lowest BCUT2D eigenvalue weighted by Crippen LogP contribution is -2.49. The SMILES string of the molecule is CSCCC(NC(C)=O)C(=O)N1CCSC(c2ccco2)CC1. The third-order valence-electron chi connectivity index (χ3n) is 3.80. The van der Waals surface area contributed by atoms with Crippen LogP contribution in [0.15, 0.2) is 22.8 Å². The summed E-state index contributed by atoms with van der Waals surface area (Å²) in [5, 5.41) is 3.10. The van der Waals surface area contributed by atoms with Gasteiger partial charge in [0.15, 0.2) is 0 Å². The minimum atomic E-state index is -0.412. The van der Waals surface area contributed by atoms with Crippen LogP contribution in [0.2, 0.25) is 0 Å². The maximum Gasteiger partial charge on any atom is 0.245 e. The van der Waals surface area contributed by atoms with Crippen LogP contribution in [0.4, 0.5) is 0 Å². The highest BCUT2D eigenvalue weighted by Gasteiger charge is 2.28. The zero-order valence-corrected chi connectivity index (χ0v) is 15.3. The van der Waals surface area contributed by atoms with E-state index in [-0.39, 0.29) is 11.8 Å². The van der Waals surface area contributed by atoms with Crippen molar-refractivity contribution in [2.45, 2.75) is 31.1 Å². The van der Waals surface area contributed by atoms with Gasteiger partial charge in [0.1, 0.15) is 11.8 Å². The van der Waals surface area contributed by atoms with Crippen molar-refractivity contribution in [3.63, 3.8) is 0 Å². The Balaban J connectivity index is 1.96. The largest absolute Gasteiger partial charge is 0.468 e. The van der Waals surface area contributed by atoms with Gasteiger partial charge in [-0.05, 0) is 37.0 Å². The van der Waals surface area contributed by atoms with E-state index in [1.165, 1.54) is 6.92 Å². The zero-order chi connectivity index (χ0) is 16.7. The normalized spacial score (nSPS) is 19.9. The number of rotatable bonds is 6. The first-order chi connectivity index (χ1) is 11.1. The molecule has 7 heteroatoms. The van der Waals surface area contributed by atoms with Crippen molar-refractivity contribution in [3.8, 4) is 0 Å². The van der Waals surface area contributed by atoms with Crippen molar-refractivity contribution in [2.75, 3.05) is 30.9 Å². The molecule has 2 heterocycles. The number of carbonyl (C=O) groups is 2. The van der Waals surface area contributed by atoms with E-state index in [2.05, 4.69) is 5.32 Å². The molecule has 2 atom stereocenters. The first-order valence-electron chi connectivity index (χ1n) is 7.81. The molecule has 23 heavy (non-hydrogen) atoms. The summed E-state index contributed by atoms with van der Waals surface area (Å²) in [6, 6.07) is 3.48. The summed E-state index contributed by atoms with van der Waals surface area (Å²) in [4.78, 5) is 26.0. The number of thioether (sulfide) groups is 2. The van der Waals surface area contributed by atoms with E-state index >= 15 is 0 Å². The Morgan fingerprint density at radius 1 is 1.52 bits per heavy atom. The summed E-state index contributed by atoms with van der Waals surface area (Å²) in [7, 11) is 0. The minimum absolute atomic E-state index is 0.0370. The molecule has 1 N–H and O–H groups in total. The van der Waals surface area contributed by atoms with E-state index in [4.69, 9.17) is 4.42 Å². The van der Waals surface area contributed by atoms with E-state index in [9.17, 15) is 9.59 Å². The van der Waals surface area contributed by atoms with Crippen molar-refractivity contribution in [1.82, 2.24) is 10.2 Å². The average Bonchev–Trinajstić information content (AvgIpc) is 2.95. The van der Waals surface area contributed by atoms with Crippen molar-refractivity contribution >= 4 is 35.3 Å². The van der Waals surface area contributed by atoms with E-state index in [0.717, 1.165) is 30.2 Å². The zero-order valence-electron chi connectivity index (χ0n) is 13.6. The van der Waals surface area contributed by atoms with Gasteiger partial charge in [-0.1, -0.05) is 0 Å². The molecule has 0 aromatic carbocycles. The molecule has 1 saturated heterocycles. The Labute approximate surface area is 145 Å². The molecular weight excluding hydrogens is 332 g/mol. The van der Waals surface area contributed by atoms with Gasteiger partial charge in [0, 0.05) is 25.8 Å². The first-order valence-corrected chi connectivity index (χ1v) is 10.3. The highest BCUT2D eigenvalue weighted by atomic mass is 32.2.